The van der Waals surface area contributed by atoms with Crippen LogP contribution in [0.15, 0.2) is 0 Å². The van der Waals surface area contributed by atoms with E-state index in [-0.39, 0.29) is 11.9 Å². The molecule has 0 aromatic rings. The normalized spacial score (nSPS) is 35.4. The molecular weight excluding hydrogens is 280 g/mol. The number of nitrogens with one attached hydrogen (secondary N) is 1. The first-order valence-electron chi connectivity index (χ1n) is 8.64. The Morgan fingerprint density at radius 2 is 1.95 bits per heavy atom. The standard InChI is InChI=1S/C17H28N2OS/c1-11(14-10-12-5-6-13(14)9-12)19-16(20)17(15(18)21)7-3-2-4-8-17/h11-14H,2-10H2,1H3,(H2,18,21)(H,19,20). The molecule has 0 spiro atoms. The number of hydrogen-bond donors (Lipinski definition) is 2. The van der Waals surface area contributed by atoms with E-state index in [0.29, 0.717) is 10.9 Å². The predicted octanol–water partition coefficient (Wildman–Crippen LogP) is 3.16. The molecule has 3 N–H and O–H groups in total. The molecule has 118 valence electrons. The highest BCUT2D eigenvalue weighted by Gasteiger charge is 2.46. The zero-order valence-electron chi connectivity index (χ0n) is 13.1. The van der Waals surface area contributed by atoms with E-state index < -0.39 is 5.41 Å². The first-order valence-corrected chi connectivity index (χ1v) is 9.04. The monoisotopic (exact) mass is 308 g/mol. The van der Waals surface area contributed by atoms with Gasteiger partial charge in [-0.15, -0.1) is 0 Å². The average Bonchev–Trinajstić information content (AvgIpc) is 3.10. The molecule has 0 aliphatic heterocycles. The molecule has 3 saturated carbocycles. The Morgan fingerprint density at radius 1 is 1.24 bits per heavy atom. The first-order chi connectivity index (χ1) is 10.0. The van der Waals surface area contributed by atoms with Crippen LogP contribution >= 0.6 is 12.2 Å². The number of hydrogen-bond acceptors (Lipinski definition) is 2. The van der Waals surface area contributed by atoms with Gasteiger partial charge in [0.15, 0.2) is 0 Å². The van der Waals surface area contributed by atoms with Gasteiger partial charge in [0.2, 0.25) is 5.91 Å². The van der Waals surface area contributed by atoms with Crippen LogP contribution in [0.2, 0.25) is 0 Å². The second-order valence-electron chi connectivity index (χ2n) is 7.61. The van der Waals surface area contributed by atoms with Crippen molar-refractivity contribution in [1.82, 2.24) is 5.32 Å². The minimum Gasteiger partial charge on any atom is -0.392 e. The molecule has 4 unspecified atom stereocenters. The molecule has 0 aromatic heterocycles. The van der Waals surface area contributed by atoms with Crippen molar-refractivity contribution in [2.75, 3.05) is 0 Å². The van der Waals surface area contributed by atoms with Gasteiger partial charge in [-0.05, 0) is 56.8 Å². The summed E-state index contributed by atoms with van der Waals surface area (Å²) in [6, 6.07) is 0.265. The largest absolute Gasteiger partial charge is 0.392 e. The predicted molar refractivity (Wildman–Crippen MR) is 88.8 cm³/mol. The van der Waals surface area contributed by atoms with Crippen LogP contribution in [-0.2, 0) is 4.79 Å². The number of carbonyl (C=O) groups is 1. The van der Waals surface area contributed by atoms with Gasteiger partial charge in [0.25, 0.3) is 0 Å². The fraction of sp³-hybridized carbons (Fsp3) is 0.882. The van der Waals surface area contributed by atoms with Crippen molar-refractivity contribution < 1.29 is 4.79 Å². The zero-order chi connectivity index (χ0) is 15.0. The molecule has 4 heteroatoms. The molecule has 0 radical (unpaired) electrons. The van der Waals surface area contributed by atoms with Crippen LogP contribution in [0.25, 0.3) is 0 Å². The molecule has 4 atom stereocenters. The highest BCUT2D eigenvalue weighted by Crippen LogP contribution is 2.49. The lowest BCUT2D eigenvalue weighted by molar-refractivity contribution is -0.130. The summed E-state index contributed by atoms with van der Waals surface area (Å²) in [6.07, 6.45) is 10.4. The van der Waals surface area contributed by atoms with Crippen LogP contribution in [0, 0.1) is 23.2 Å². The summed E-state index contributed by atoms with van der Waals surface area (Å²) in [6.45, 7) is 2.18. The van der Waals surface area contributed by atoms with Gasteiger partial charge in [-0.1, -0.05) is 37.9 Å². The van der Waals surface area contributed by atoms with Crippen molar-refractivity contribution in [1.29, 1.82) is 0 Å². The summed E-state index contributed by atoms with van der Waals surface area (Å²) in [5, 5.41) is 3.29. The maximum atomic E-state index is 12.9. The third-order valence-corrected chi connectivity index (χ3v) is 6.80. The molecule has 0 saturated heterocycles. The van der Waals surface area contributed by atoms with Gasteiger partial charge >= 0.3 is 0 Å². The maximum Gasteiger partial charge on any atom is 0.233 e. The number of thiocarbonyl (C=S) groups is 1. The van der Waals surface area contributed by atoms with E-state index in [9.17, 15) is 4.79 Å². The van der Waals surface area contributed by atoms with E-state index in [1.54, 1.807) is 0 Å². The number of amides is 1. The van der Waals surface area contributed by atoms with Crippen molar-refractivity contribution in [2.24, 2.45) is 28.9 Å². The van der Waals surface area contributed by atoms with Crippen LogP contribution in [0.4, 0.5) is 0 Å². The van der Waals surface area contributed by atoms with Gasteiger partial charge in [0.1, 0.15) is 0 Å². The van der Waals surface area contributed by atoms with Crippen LogP contribution in [-0.4, -0.2) is 16.9 Å². The number of rotatable bonds is 4. The van der Waals surface area contributed by atoms with Crippen molar-refractivity contribution in [3.05, 3.63) is 0 Å². The molecule has 21 heavy (non-hydrogen) atoms. The Bertz CT molecular complexity index is 431. The SMILES string of the molecule is CC(NC(=O)C1(C(N)=S)CCCCC1)C1CC2CCC1C2. The van der Waals surface area contributed by atoms with Crippen molar-refractivity contribution in [3.8, 4) is 0 Å². The Labute approximate surface area is 133 Å². The minimum atomic E-state index is -0.570. The van der Waals surface area contributed by atoms with Crippen molar-refractivity contribution in [3.63, 3.8) is 0 Å². The molecule has 3 fully saturated rings. The summed E-state index contributed by atoms with van der Waals surface area (Å²) < 4.78 is 0. The molecule has 2 bridgehead atoms. The quantitative estimate of drug-likeness (QED) is 0.784. The summed E-state index contributed by atoms with van der Waals surface area (Å²) >= 11 is 5.26. The zero-order valence-corrected chi connectivity index (χ0v) is 13.9. The smallest absolute Gasteiger partial charge is 0.233 e. The van der Waals surface area contributed by atoms with E-state index in [4.69, 9.17) is 18.0 Å². The summed E-state index contributed by atoms with van der Waals surface area (Å²) in [5.41, 5.74) is 5.39. The van der Waals surface area contributed by atoms with E-state index in [1.165, 1.54) is 32.1 Å². The molecule has 3 rings (SSSR count). The van der Waals surface area contributed by atoms with Gasteiger partial charge in [0, 0.05) is 6.04 Å². The molecule has 0 heterocycles. The third kappa shape index (κ3) is 2.71. The number of carbonyl (C=O) groups excluding carboxylic acids is 1. The highest BCUT2D eigenvalue weighted by molar-refractivity contribution is 7.80. The fourth-order valence-electron chi connectivity index (χ4n) is 5.10. The average molecular weight is 308 g/mol. The Balaban J connectivity index is 1.65. The van der Waals surface area contributed by atoms with Crippen LogP contribution in [0.1, 0.15) is 64.7 Å². The number of fused-ring (bicyclic) bond motifs is 2. The minimum absolute atomic E-state index is 0.102. The lowest BCUT2D eigenvalue weighted by Crippen LogP contribution is -2.53. The van der Waals surface area contributed by atoms with Gasteiger partial charge in [-0.2, -0.15) is 0 Å². The van der Waals surface area contributed by atoms with Gasteiger partial charge in [-0.25, -0.2) is 0 Å². The van der Waals surface area contributed by atoms with Gasteiger partial charge in [-0.3, -0.25) is 4.79 Å². The van der Waals surface area contributed by atoms with Crippen LogP contribution in [0.3, 0.4) is 0 Å². The van der Waals surface area contributed by atoms with Gasteiger partial charge in [0.05, 0.1) is 10.4 Å². The molecule has 3 aliphatic carbocycles. The second kappa shape index (κ2) is 5.86. The van der Waals surface area contributed by atoms with Crippen molar-refractivity contribution in [2.45, 2.75) is 70.8 Å². The van der Waals surface area contributed by atoms with E-state index in [0.717, 1.165) is 37.5 Å². The third-order valence-electron chi connectivity index (χ3n) is 6.41. The molecule has 3 nitrogen and oxygen atoms in total. The van der Waals surface area contributed by atoms with E-state index in [1.807, 2.05) is 0 Å². The van der Waals surface area contributed by atoms with Crippen LogP contribution in [0.5, 0.6) is 0 Å². The lowest BCUT2D eigenvalue weighted by atomic mass is 9.72. The van der Waals surface area contributed by atoms with Crippen LogP contribution < -0.4 is 11.1 Å². The summed E-state index contributed by atoms with van der Waals surface area (Å²) in [4.78, 5) is 13.3. The molecule has 3 aliphatic rings. The Morgan fingerprint density at radius 3 is 2.48 bits per heavy atom. The first kappa shape index (κ1) is 15.3. The van der Waals surface area contributed by atoms with Crippen molar-refractivity contribution >= 4 is 23.1 Å². The van der Waals surface area contributed by atoms with E-state index in [2.05, 4.69) is 12.2 Å². The second-order valence-corrected chi connectivity index (χ2v) is 8.05. The lowest BCUT2D eigenvalue weighted by Gasteiger charge is -2.37. The maximum absolute atomic E-state index is 12.9. The Kier molecular flexibility index (Phi) is 4.26. The summed E-state index contributed by atoms with van der Waals surface area (Å²) in [7, 11) is 0. The van der Waals surface area contributed by atoms with E-state index >= 15 is 0 Å². The molecule has 1 amide bonds. The number of nitrogens with two attached hydrogens (primary N) is 1. The Hall–Kier alpha value is -0.640. The molecular formula is C17H28N2OS. The summed E-state index contributed by atoms with van der Waals surface area (Å²) in [5.74, 6) is 2.51. The highest BCUT2D eigenvalue weighted by atomic mass is 32.1. The fourth-order valence-corrected chi connectivity index (χ4v) is 5.40. The topological polar surface area (TPSA) is 55.1 Å². The molecule has 0 aromatic carbocycles. The van der Waals surface area contributed by atoms with Gasteiger partial charge < -0.3 is 11.1 Å².